The number of carbonyl (C=O) groups is 3. The van der Waals surface area contributed by atoms with Gasteiger partial charge in [0.05, 0.1) is 35.8 Å². The highest BCUT2D eigenvalue weighted by molar-refractivity contribution is 8.02. The topological polar surface area (TPSA) is 87.1 Å². The third kappa shape index (κ3) is 5.02. The van der Waals surface area contributed by atoms with Crippen molar-refractivity contribution < 1.29 is 24.2 Å². The number of ether oxygens (including phenoxy) is 1. The quantitative estimate of drug-likeness (QED) is 0.205. The van der Waals surface area contributed by atoms with E-state index in [-0.39, 0.29) is 30.9 Å². The molecule has 0 radical (unpaired) electrons. The molecule has 0 aliphatic carbocycles. The molecule has 2 bridgehead atoms. The summed E-state index contributed by atoms with van der Waals surface area (Å²) >= 11 is 1.62. The number of aliphatic hydroxyl groups excluding tert-OH is 1. The molecule has 4 rings (SSSR count). The lowest BCUT2D eigenvalue weighted by Crippen LogP contribution is -2.57. The van der Waals surface area contributed by atoms with Gasteiger partial charge in [-0.3, -0.25) is 14.4 Å². The maximum atomic E-state index is 14.7. The maximum Gasteiger partial charge on any atom is 0.311 e. The van der Waals surface area contributed by atoms with Gasteiger partial charge in [0.25, 0.3) is 5.91 Å². The van der Waals surface area contributed by atoms with E-state index in [0.717, 1.165) is 42.5 Å². The molecule has 1 aromatic rings. The first kappa shape index (κ1) is 30.4. The van der Waals surface area contributed by atoms with Crippen LogP contribution in [0.3, 0.4) is 0 Å². The van der Waals surface area contributed by atoms with Crippen molar-refractivity contribution in [3.63, 3.8) is 0 Å². The molecule has 3 fully saturated rings. The number of likely N-dealkylation sites (tertiary alicyclic amines) is 1. The summed E-state index contributed by atoms with van der Waals surface area (Å²) < 4.78 is 4.49. The summed E-state index contributed by atoms with van der Waals surface area (Å²) in [5, 5.41) is 10.3. The van der Waals surface area contributed by atoms with Gasteiger partial charge in [0.15, 0.2) is 0 Å². The normalized spacial score (nSPS) is 29.3. The van der Waals surface area contributed by atoms with E-state index in [0.29, 0.717) is 19.4 Å². The number of aliphatic hydroxyl groups is 1. The molecule has 1 spiro atoms. The Morgan fingerprint density at radius 3 is 2.65 bits per heavy atom. The molecular weight excluding hydrogens is 524 g/mol. The van der Waals surface area contributed by atoms with Crippen molar-refractivity contribution in [1.82, 2.24) is 4.90 Å². The van der Waals surface area contributed by atoms with Gasteiger partial charge in [-0.15, -0.1) is 24.9 Å². The van der Waals surface area contributed by atoms with Crippen LogP contribution in [-0.4, -0.2) is 69.1 Å². The number of rotatable bonds is 13. The first-order valence-corrected chi connectivity index (χ1v) is 15.3. The number of allylic oxidation sites excluding steroid dienone is 1. The van der Waals surface area contributed by atoms with E-state index in [1.165, 1.54) is 0 Å². The molecular formula is C32H44N2O5S. The number of esters is 1. The zero-order valence-electron chi connectivity index (χ0n) is 24.4. The van der Waals surface area contributed by atoms with Crippen LogP contribution in [0.15, 0.2) is 43.5 Å². The van der Waals surface area contributed by atoms with Crippen LogP contribution in [0.2, 0.25) is 0 Å². The van der Waals surface area contributed by atoms with Gasteiger partial charge in [0.1, 0.15) is 6.04 Å². The van der Waals surface area contributed by atoms with E-state index in [1.807, 2.05) is 52.0 Å². The number of benzene rings is 1. The molecule has 8 heteroatoms. The Kier molecular flexibility index (Phi) is 9.20. The molecule has 40 heavy (non-hydrogen) atoms. The molecule has 0 aromatic heterocycles. The third-order valence-corrected chi connectivity index (χ3v) is 11.0. The van der Waals surface area contributed by atoms with E-state index in [1.54, 1.807) is 27.6 Å². The van der Waals surface area contributed by atoms with Crippen LogP contribution >= 0.6 is 11.8 Å². The summed E-state index contributed by atoms with van der Waals surface area (Å²) in [7, 11) is 0. The Balaban J connectivity index is 1.76. The number of amides is 2. The first-order valence-electron chi connectivity index (χ1n) is 14.5. The highest BCUT2D eigenvalue weighted by Crippen LogP contribution is 2.72. The van der Waals surface area contributed by atoms with E-state index in [4.69, 9.17) is 4.74 Å². The predicted molar refractivity (Wildman–Crippen MR) is 160 cm³/mol. The molecule has 3 heterocycles. The molecule has 7 nitrogen and oxygen atoms in total. The highest BCUT2D eigenvalue weighted by Gasteiger charge is 2.78. The zero-order valence-corrected chi connectivity index (χ0v) is 25.2. The Bertz CT molecular complexity index is 1170. The van der Waals surface area contributed by atoms with Crippen LogP contribution in [0.1, 0.15) is 63.5 Å². The van der Waals surface area contributed by atoms with Crippen molar-refractivity contribution in [2.75, 3.05) is 24.7 Å². The summed E-state index contributed by atoms with van der Waals surface area (Å²) in [5.41, 5.74) is 2.76. The van der Waals surface area contributed by atoms with Crippen LogP contribution in [-0.2, 0) is 19.1 Å². The Morgan fingerprint density at radius 1 is 1.25 bits per heavy atom. The Labute approximate surface area is 243 Å². The van der Waals surface area contributed by atoms with Crippen molar-refractivity contribution in [3.05, 3.63) is 54.6 Å². The van der Waals surface area contributed by atoms with E-state index < -0.39 is 33.4 Å². The summed E-state index contributed by atoms with van der Waals surface area (Å²) in [6.45, 7) is 15.9. The largest absolute Gasteiger partial charge is 0.465 e. The van der Waals surface area contributed by atoms with Crippen LogP contribution in [0.25, 0.3) is 0 Å². The lowest BCUT2D eigenvalue weighted by atomic mass is 9.66. The number of thioether (sulfide) groups is 1. The van der Waals surface area contributed by atoms with E-state index in [2.05, 4.69) is 13.2 Å². The van der Waals surface area contributed by atoms with Crippen LogP contribution < -0.4 is 4.90 Å². The second-order valence-electron chi connectivity index (χ2n) is 11.7. The fourth-order valence-corrected chi connectivity index (χ4v) is 9.38. The molecule has 3 saturated heterocycles. The summed E-state index contributed by atoms with van der Waals surface area (Å²) in [5.74, 6) is -2.06. The van der Waals surface area contributed by atoms with Crippen molar-refractivity contribution in [2.24, 2.45) is 11.8 Å². The minimum atomic E-state index is -0.806. The SMILES string of the molecule is C=CCCCCOC(=O)[C@H]1[C@H]2C(=O)N([C@@H](CC)CO)C(C(=O)N(CC=C)c3cc(C)ccc3C)C23CC[C@]1(C)S3. The summed E-state index contributed by atoms with van der Waals surface area (Å²) in [4.78, 5) is 46.0. The Hall–Kier alpha value is -2.58. The first-order chi connectivity index (χ1) is 19.1. The molecule has 0 saturated carbocycles. The number of nitrogens with zero attached hydrogens (tertiary/aromatic N) is 2. The average Bonchev–Trinajstić information content (AvgIpc) is 3.50. The predicted octanol–water partition coefficient (Wildman–Crippen LogP) is 4.97. The van der Waals surface area contributed by atoms with Crippen LogP contribution in [0.5, 0.6) is 0 Å². The molecule has 3 aliphatic heterocycles. The second-order valence-corrected chi connectivity index (χ2v) is 13.6. The minimum Gasteiger partial charge on any atom is -0.465 e. The lowest BCUT2D eigenvalue weighted by molar-refractivity contribution is -0.156. The van der Waals surface area contributed by atoms with Gasteiger partial charge in [0, 0.05) is 17.0 Å². The van der Waals surface area contributed by atoms with E-state index in [9.17, 15) is 19.5 Å². The monoisotopic (exact) mass is 568 g/mol. The van der Waals surface area contributed by atoms with Gasteiger partial charge in [-0.25, -0.2) is 0 Å². The van der Waals surface area contributed by atoms with Crippen molar-refractivity contribution in [3.8, 4) is 0 Å². The Morgan fingerprint density at radius 2 is 2.00 bits per heavy atom. The van der Waals surface area contributed by atoms with Crippen LogP contribution in [0.4, 0.5) is 5.69 Å². The number of fused-ring (bicyclic) bond motifs is 1. The molecule has 2 unspecified atom stereocenters. The summed E-state index contributed by atoms with van der Waals surface area (Å²) in [6, 6.07) is 4.67. The maximum absolute atomic E-state index is 14.7. The molecule has 2 amide bonds. The number of anilines is 1. The molecule has 1 aromatic carbocycles. The number of aryl methyl sites for hydroxylation is 2. The average molecular weight is 569 g/mol. The fourth-order valence-electron chi connectivity index (χ4n) is 7.05. The minimum absolute atomic E-state index is 0.188. The number of hydrogen-bond donors (Lipinski definition) is 1. The van der Waals surface area contributed by atoms with Crippen molar-refractivity contribution in [2.45, 2.75) is 87.8 Å². The second kappa shape index (κ2) is 12.1. The highest BCUT2D eigenvalue weighted by atomic mass is 32.2. The van der Waals surface area contributed by atoms with Gasteiger partial charge in [0.2, 0.25) is 5.91 Å². The van der Waals surface area contributed by atoms with Crippen molar-refractivity contribution >= 4 is 35.2 Å². The van der Waals surface area contributed by atoms with Gasteiger partial charge < -0.3 is 19.6 Å². The standard InChI is InChI=1S/C32H44N2O5S/c1-7-10-11-12-18-39-30(38)26-25-28(36)34(23(9-3)20-35)27(32(25)16-15-31(26,6)40-32)29(37)33(17-8-2)24-19-21(4)13-14-22(24)5/h7-8,13-14,19,23,25-27,35H,1-2,9-12,15-18,20H2,3-6H3/t23-,25-,26+,27?,31-,32?/m0/s1. The molecule has 1 N–H and O–H groups in total. The lowest BCUT2D eigenvalue weighted by Gasteiger charge is -2.39. The summed E-state index contributed by atoms with van der Waals surface area (Å²) in [6.07, 6.45) is 7.90. The van der Waals surface area contributed by atoms with Gasteiger partial charge >= 0.3 is 5.97 Å². The molecule has 6 atom stereocenters. The third-order valence-electron chi connectivity index (χ3n) is 9.06. The number of carbonyl (C=O) groups excluding carboxylic acids is 3. The number of unbranched alkanes of at least 4 members (excludes halogenated alkanes) is 2. The van der Waals surface area contributed by atoms with Gasteiger partial charge in [-0.1, -0.05) is 31.2 Å². The van der Waals surface area contributed by atoms with E-state index >= 15 is 0 Å². The fraction of sp³-hybridized carbons (Fsp3) is 0.594. The zero-order chi connectivity index (χ0) is 29.2. The van der Waals surface area contributed by atoms with Crippen molar-refractivity contribution in [1.29, 1.82) is 0 Å². The van der Waals surface area contributed by atoms with Gasteiger partial charge in [-0.2, -0.15) is 0 Å². The smallest absolute Gasteiger partial charge is 0.311 e. The molecule has 3 aliphatic rings. The van der Waals surface area contributed by atoms with Gasteiger partial charge in [-0.05, 0) is 76.5 Å². The number of hydrogen-bond acceptors (Lipinski definition) is 6. The molecule has 218 valence electrons. The van der Waals surface area contributed by atoms with Crippen LogP contribution in [0, 0.1) is 25.7 Å².